The zero-order chi connectivity index (χ0) is 12.5. The summed E-state index contributed by atoms with van der Waals surface area (Å²) in [6.45, 7) is 1.57. The lowest BCUT2D eigenvalue weighted by Crippen LogP contribution is -2.29. The molecule has 1 aliphatic heterocycles. The smallest absolute Gasteiger partial charge is 0.399 e. The van der Waals surface area contributed by atoms with E-state index < -0.39 is 11.9 Å². The third kappa shape index (κ3) is 2.88. The molecule has 3 nitrogen and oxygen atoms in total. The van der Waals surface area contributed by atoms with Crippen LogP contribution in [0.25, 0.3) is 0 Å². The number of anilines is 1. The minimum Gasteiger partial charge on any atom is -0.399 e. The second kappa shape index (κ2) is 4.52. The van der Waals surface area contributed by atoms with E-state index in [4.69, 9.17) is 5.73 Å². The second-order valence-corrected chi connectivity index (χ2v) is 4.25. The molecule has 2 rings (SSSR count). The number of nitrogens with two attached hydrogens (primary N) is 1. The Bertz CT molecular complexity index is 397. The first-order valence-corrected chi connectivity index (χ1v) is 5.52. The van der Waals surface area contributed by atoms with Gasteiger partial charge in [-0.15, -0.1) is 0 Å². The monoisotopic (exact) mass is 245 g/mol. The summed E-state index contributed by atoms with van der Waals surface area (Å²) in [5, 5.41) is 3.15. The Hall–Kier alpha value is -1.30. The average molecular weight is 245 g/mol. The maximum absolute atomic E-state index is 12.6. The van der Waals surface area contributed by atoms with E-state index in [9.17, 15) is 13.2 Å². The number of nitrogen functional groups attached to an aromatic ring is 1. The van der Waals surface area contributed by atoms with Crippen LogP contribution in [-0.2, 0) is 6.18 Å². The SMILES string of the molecule is Nc1cc(C2CCCNC2)nc(C(F)(F)F)c1. The van der Waals surface area contributed by atoms with E-state index in [2.05, 4.69) is 10.3 Å². The molecular formula is C11H14F3N3. The van der Waals surface area contributed by atoms with E-state index in [0.717, 1.165) is 25.5 Å². The summed E-state index contributed by atoms with van der Waals surface area (Å²) in [5.74, 6) is 0.0216. The number of hydrogen-bond donors (Lipinski definition) is 2. The molecule has 3 N–H and O–H groups in total. The number of halogens is 3. The number of pyridine rings is 1. The Balaban J connectivity index is 2.31. The van der Waals surface area contributed by atoms with Gasteiger partial charge in [-0.25, -0.2) is 4.98 Å². The molecule has 0 saturated carbocycles. The van der Waals surface area contributed by atoms with Crippen molar-refractivity contribution in [1.29, 1.82) is 0 Å². The Morgan fingerprint density at radius 2 is 2.12 bits per heavy atom. The molecule has 0 spiro atoms. The van der Waals surface area contributed by atoms with Gasteiger partial charge in [0.1, 0.15) is 5.69 Å². The van der Waals surface area contributed by atoms with Gasteiger partial charge in [0.05, 0.1) is 0 Å². The Morgan fingerprint density at radius 1 is 1.35 bits per heavy atom. The van der Waals surface area contributed by atoms with Crippen LogP contribution in [0.1, 0.15) is 30.1 Å². The lowest BCUT2D eigenvalue weighted by Gasteiger charge is -2.23. The molecule has 1 aromatic heterocycles. The van der Waals surface area contributed by atoms with Crippen molar-refractivity contribution in [3.63, 3.8) is 0 Å². The van der Waals surface area contributed by atoms with E-state index in [1.807, 2.05) is 0 Å². The van der Waals surface area contributed by atoms with Crippen molar-refractivity contribution in [3.8, 4) is 0 Å². The molecule has 1 fully saturated rings. The zero-order valence-corrected chi connectivity index (χ0v) is 9.22. The predicted octanol–water partition coefficient (Wildman–Crippen LogP) is 2.15. The molecule has 17 heavy (non-hydrogen) atoms. The van der Waals surface area contributed by atoms with E-state index in [-0.39, 0.29) is 11.6 Å². The van der Waals surface area contributed by atoms with Crippen LogP contribution in [0.5, 0.6) is 0 Å². The molecule has 6 heteroatoms. The highest BCUT2D eigenvalue weighted by Gasteiger charge is 2.33. The van der Waals surface area contributed by atoms with Gasteiger partial charge in [-0.3, -0.25) is 0 Å². The van der Waals surface area contributed by atoms with Crippen molar-refractivity contribution < 1.29 is 13.2 Å². The third-order valence-corrected chi connectivity index (χ3v) is 2.87. The van der Waals surface area contributed by atoms with Crippen molar-refractivity contribution in [2.24, 2.45) is 0 Å². The van der Waals surface area contributed by atoms with Gasteiger partial charge in [-0.1, -0.05) is 0 Å². The molecule has 0 aliphatic carbocycles. The summed E-state index contributed by atoms with van der Waals surface area (Å²) in [4.78, 5) is 3.68. The molecule has 0 aromatic carbocycles. The fourth-order valence-electron chi connectivity index (χ4n) is 2.03. The number of hydrogen-bond acceptors (Lipinski definition) is 3. The maximum Gasteiger partial charge on any atom is 0.433 e. The van der Waals surface area contributed by atoms with Gasteiger partial charge in [0.15, 0.2) is 0 Å². The first-order chi connectivity index (χ1) is 7.97. The summed E-state index contributed by atoms with van der Waals surface area (Å²) in [6, 6.07) is 2.41. The highest BCUT2D eigenvalue weighted by Crippen LogP contribution is 2.31. The second-order valence-electron chi connectivity index (χ2n) is 4.25. The Labute approximate surface area is 97.2 Å². The van der Waals surface area contributed by atoms with Crippen molar-refractivity contribution in [3.05, 3.63) is 23.5 Å². The third-order valence-electron chi connectivity index (χ3n) is 2.87. The van der Waals surface area contributed by atoms with Crippen molar-refractivity contribution in [1.82, 2.24) is 10.3 Å². The first kappa shape index (κ1) is 12.2. The van der Waals surface area contributed by atoms with Crippen LogP contribution in [0.15, 0.2) is 12.1 Å². The highest BCUT2D eigenvalue weighted by molar-refractivity contribution is 5.42. The van der Waals surface area contributed by atoms with Gasteiger partial charge < -0.3 is 11.1 Å². The number of alkyl halides is 3. The molecule has 0 amide bonds. The molecule has 2 heterocycles. The van der Waals surface area contributed by atoms with Crippen LogP contribution >= 0.6 is 0 Å². The van der Waals surface area contributed by atoms with Crippen molar-refractivity contribution in [2.45, 2.75) is 24.9 Å². The molecular weight excluding hydrogens is 231 g/mol. The van der Waals surface area contributed by atoms with Crippen molar-refractivity contribution >= 4 is 5.69 Å². The van der Waals surface area contributed by atoms with Gasteiger partial charge in [0.2, 0.25) is 0 Å². The quantitative estimate of drug-likeness (QED) is 0.797. The fraction of sp³-hybridized carbons (Fsp3) is 0.545. The van der Waals surface area contributed by atoms with Gasteiger partial charge in [0.25, 0.3) is 0 Å². The summed E-state index contributed by atoms with van der Waals surface area (Å²) < 4.78 is 37.7. The van der Waals surface area contributed by atoms with Crippen molar-refractivity contribution in [2.75, 3.05) is 18.8 Å². The lowest BCUT2D eigenvalue weighted by molar-refractivity contribution is -0.141. The molecule has 0 bridgehead atoms. The van der Waals surface area contributed by atoms with Gasteiger partial charge in [-0.05, 0) is 31.5 Å². The van der Waals surface area contributed by atoms with Crippen LogP contribution < -0.4 is 11.1 Å². The van der Waals surface area contributed by atoms with E-state index >= 15 is 0 Å². The summed E-state index contributed by atoms with van der Waals surface area (Å²) in [6.07, 6.45) is -2.64. The standard InChI is InChI=1S/C11H14F3N3/c12-11(13,14)10-5-8(15)4-9(17-10)7-2-1-3-16-6-7/h4-5,7,16H,1-3,6H2,(H2,15,17). The predicted molar refractivity (Wildman–Crippen MR) is 58.5 cm³/mol. The fourth-order valence-corrected chi connectivity index (χ4v) is 2.03. The molecule has 1 saturated heterocycles. The van der Waals surface area contributed by atoms with Crippen LogP contribution in [0, 0.1) is 0 Å². The molecule has 0 radical (unpaired) electrons. The maximum atomic E-state index is 12.6. The van der Waals surface area contributed by atoms with E-state index in [1.54, 1.807) is 0 Å². The minimum absolute atomic E-state index is 0.0216. The van der Waals surface area contributed by atoms with E-state index in [1.165, 1.54) is 6.07 Å². The number of rotatable bonds is 1. The molecule has 1 atom stereocenters. The topological polar surface area (TPSA) is 50.9 Å². The average Bonchev–Trinajstić information content (AvgIpc) is 2.28. The number of nitrogens with one attached hydrogen (secondary N) is 1. The summed E-state index contributed by atoms with van der Waals surface area (Å²) >= 11 is 0. The number of aromatic nitrogens is 1. The minimum atomic E-state index is -4.44. The lowest BCUT2D eigenvalue weighted by atomic mass is 9.95. The summed E-state index contributed by atoms with van der Waals surface area (Å²) in [7, 11) is 0. The van der Waals surface area contributed by atoms with Crippen LogP contribution in [0.3, 0.4) is 0 Å². The largest absolute Gasteiger partial charge is 0.433 e. The van der Waals surface area contributed by atoms with Crippen LogP contribution in [0.2, 0.25) is 0 Å². The molecule has 1 unspecified atom stereocenters. The first-order valence-electron chi connectivity index (χ1n) is 5.52. The number of piperidine rings is 1. The molecule has 94 valence electrons. The zero-order valence-electron chi connectivity index (χ0n) is 9.22. The highest BCUT2D eigenvalue weighted by atomic mass is 19.4. The Kier molecular flexibility index (Phi) is 3.24. The van der Waals surface area contributed by atoms with Crippen LogP contribution in [0.4, 0.5) is 18.9 Å². The van der Waals surface area contributed by atoms with Gasteiger partial charge >= 0.3 is 6.18 Å². The van der Waals surface area contributed by atoms with E-state index in [0.29, 0.717) is 12.2 Å². The van der Waals surface area contributed by atoms with Gasteiger partial charge in [-0.2, -0.15) is 13.2 Å². The number of nitrogens with zero attached hydrogens (tertiary/aromatic N) is 1. The Morgan fingerprint density at radius 3 is 2.71 bits per heavy atom. The van der Waals surface area contributed by atoms with Gasteiger partial charge in [0, 0.05) is 23.8 Å². The molecule has 1 aliphatic rings. The normalized spacial score (nSPS) is 21.5. The molecule has 1 aromatic rings. The summed E-state index contributed by atoms with van der Waals surface area (Å²) in [5.41, 5.74) is 5.15. The van der Waals surface area contributed by atoms with Crippen LogP contribution in [-0.4, -0.2) is 18.1 Å².